The van der Waals surface area contributed by atoms with Gasteiger partial charge in [-0.1, -0.05) is 41.4 Å². The molecule has 0 fully saturated rings. The fourth-order valence-corrected chi connectivity index (χ4v) is 4.39. The van der Waals surface area contributed by atoms with Gasteiger partial charge in [-0.2, -0.15) is 0 Å². The van der Waals surface area contributed by atoms with Gasteiger partial charge in [0.2, 0.25) is 0 Å². The van der Waals surface area contributed by atoms with Gasteiger partial charge in [0.15, 0.2) is 5.75 Å². The smallest absolute Gasteiger partial charge is 0.320 e. The number of hydrogen-bond acceptors (Lipinski definition) is 7. The van der Waals surface area contributed by atoms with Crippen molar-refractivity contribution in [3.8, 4) is 28.4 Å². The number of hydrogen-bond donors (Lipinski definition) is 2. The first-order valence-electron chi connectivity index (χ1n) is 11.6. The maximum atomic E-state index is 11.1. The minimum atomic E-state index is -1.11. The lowest BCUT2D eigenvalue weighted by Gasteiger charge is -2.16. The molecule has 38 heavy (non-hydrogen) atoms. The Labute approximate surface area is 229 Å². The van der Waals surface area contributed by atoms with Crippen LogP contribution >= 0.6 is 23.2 Å². The SMILES string of the molecule is COc1ccc(OCc2cccc(-c3cncnc3)c2)c(COc2c(Cl)cc(C[C@H](N)C(=O)O)cc2Cl)c1. The number of carbonyl (C=O) groups is 1. The van der Waals surface area contributed by atoms with Crippen LogP contribution in [-0.2, 0) is 24.4 Å². The van der Waals surface area contributed by atoms with Crippen LogP contribution in [0.3, 0.4) is 0 Å². The van der Waals surface area contributed by atoms with Gasteiger partial charge in [-0.15, -0.1) is 0 Å². The summed E-state index contributed by atoms with van der Waals surface area (Å²) in [4.78, 5) is 19.2. The highest BCUT2D eigenvalue weighted by atomic mass is 35.5. The Morgan fingerprint density at radius 3 is 2.37 bits per heavy atom. The maximum absolute atomic E-state index is 11.1. The fraction of sp³-hybridized carbons (Fsp3) is 0.179. The quantitative estimate of drug-likeness (QED) is 0.247. The van der Waals surface area contributed by atoms with Crippen molar-refractivity contribution in [2.45, 2.75) is 25.7 Å². The number of halogens is 2. The average molecular weight is 554 g/mol. The van der Waals surface area contributed by atoms with Crippen molar-refractivity contribution in [2.75, 3.05) is 7.11 Å². The minimum absolute atomic E-state index is 0.0847. The van der Waals surface area contributed by atoms with Crippen LogP contribution in [0.25, 0.3) is 11.1 Å². The van der Waals surface area contributed by atoms with Gasteiger partial charge in [0.05, 0.1) is 17.2 Å². The molecule has 0 aliphatic carbocycles. The first-order valence-corrected chi connectivity index (χ1v) is 12.3. The molecular formula is C28H25Cl2N3O5. The van der Waals surface area contributed by atoms with Gasteiger partial charge >= 0.3 is 5.97 Å². The third-order valence-electron chi connectivity index (χ3n) is 5.69. The van der Waals surface area contributed by atoms with Crippen molar-refractivity contribution in [3.05, 3.63) is 100 Å². The van der Waals surface area contributed by atoms with E-state index in [1.165, 1.54) is 6.33 Å². The fourth-order valence-electron chi connectivity index (χ4n) is 3.75. The standard InChI is InChI=1S/C28H25Cl2N3O5/c1-36-22-5-6-26(37-14-17-3-2-4-19(7-17)21-12-32-16-33-13-21)20(11-22)15-38-27-23(29)8-18(9-24(27)30)10-25(31)28(34)35/h2-9,11-13,16,25H,10,14-15,31H2,1H3,(H,34,35)/t25-/m0/s1. The van der Waals surface area contributed by atoms with Gasteiger partial charge in [-0.05, 0) is 59.5 Å². The summed E-state index contributed by atoms with van der Waals surface area (Å²) in [5.41, 5.74) is 9.81. The summed E-state index contributed by atoms with van der Waals surface area (Å²) in [6, 6.07) is 15.5. The molecule has 8 nitrogen and oxygen atoms in total. The van der Waals surface area contributed by atoms with Crippen molar-refractivity contribution in [3.63, 3.8) is 0 Å². The van der Waals surface area contributed by atoms with E-state index in [0.29, 0.717) is 23.7 Å². The zero-order valence-electron chi connectivity index (χ0n) is 20.4. The molecule has 0 saturated heterocycles. The van der Waals surface area contributed by atoms with E-state index in [2.05, 4.69) is 9.97 Å². The summed E-state index contributed by atoms with van der Waals surface area (Å²) in [5.74, 6) is 0.407. The molecule has 1 aromatic heterocycles. The number of carboxylic acid groups (broad SMARTS) is 1. The largest absolute Gasteiger partial charge is 0.497 e. The molecule has 0 spiro atoms. The molecule has 196 valence electrons. The molecule has 4 aromatic rings. The molecule has 3 aromatic carbocycles. The molecule has 4 rings (SSSR count). The summed E-state index contributed by atoms with van der Waals surface area (Å²) in [5, 5.41) is 9.55. The number of aliphatic carboxylic acids is 1. The average Bonchev–Trinajstić information content (AvgIpc) is 2.92. The molecule has 0 unspecified atom stereocenters. The molecule has 0 radical (unpaired) electrons. The number of methoxy groups -OCH3 is 1. The highest BCUT2D eigenvalue weighted by Crippen LogP contribution is 2.36. The summed E-state index contributed by atoms with van der Waals surface area (Å²) in [6.07, 6.45) is 5.10. The number of benzene rings is 3. The number of carboxylic acids is 1. The van der Waals surface area contributed by atoms with Crippen LogP contribution < -0.4 is 19.9 Å². The Morgan fingerprint density at radius 2 is 1.68 bits per heavy atom. The summed E-state index contributed by atoms with van der Waals surface area (Å²) in [7, 11) is 1.58. The van der Waals surface area contributed by atoms with Crippen LogP contribution in [0.5, 0.6) is 17.2 Å². The monoisotopic (exact) mass is 553 g/mol. The van der Waals surface area contributed by atoms with Crippen LogP contribution in [0.15, 0.2) is 73.3 Å². The summed E-state index contributed by atoms with van der Waals surface area (Å²) < 4.78 is 17.5. The third kappa shape index (κ3) is 6.92. The van der Waals surface area contributed by atoms with Crippen LogP contribution in [0.4, 0.5) is 0 Å². The summed E-state index contributed by atoms with van der Waals surface area (Å²) in [6.45, 7) is 0.419. The van der Waals surface area contributed by atoms with E-state index in [0.717, 1.165) is 22.3 Å². The first-order chi connectivity index (χ1) is 18.3. The topological polar surface area (TPSA) is 117 Å². The molecule has 0 aliphatic rings. The van der Waals surface area contributed by atoms with Crippen molar-refractivity contribution < 1.29 is 24.1 Å². The minimum Gasteiger partial charge on any atom is -0.497 e. The third-order valence-corrected chi connectivity index (χ3v) is 6.25. The van der Waals surface area contributed by atoms with Gasteiger partial charge in [0, 0.05) is 23.5 Å². The van der Waals surface area contributed by atoms with Crippen LogP contribution in [-0.4, -0.2) is 34.2 Å². The second-order valence-corrected chi connectivity index (χ2v) is 9.23. The first kappa shape index (κ1) is 27.2. The Morgan fingerprint density at radius 1 is 0.947 bits per heavy atom. The molecule has 1 heterocycles. The highest BCUT2D eigenvalue weighted by molar-refractivity contribution is 6.37. The molecule has 0 bridgehead atoms. The Kier molecular flexibility index (Phi) is 9.02. The maximum Gasteiger partial charge on any atom is 0.320 e. The van der Waals surface area contributed by atoms with Crippen LogP contribution in [0, 0.1) is 0 Å². The number of ether oxygens (including phenoxy) is 3. The van der Waals surface area contributed by atoms with Gasteiger partial charge < -0.3 is 25.1 Å². The summed E-state index contributed by atoms with van der Waals surface area (Å²) >= 11 is 12.8. The normalized spacial score (nSPS) is 11.6. The Balaban J connectivity index is 1.49. The number of nitrogens with two attached hydrogens (primary N) is 1. The molecule has 1 atom stereocenters. The predicted molar refractivity (Wildman–Crippen MR) is 145 cm³/mol. The van der Waals surface area contributed by atoms with Crippen molar-refractivity contribution in [1.29, 1.82) is 0 Å². The van der Waals surface area contributed by atoms with Crippen LogP contribution in [0.2, 0.25) is 10.0 Å². The molecule has 0 aliphatic heterocycles. The van der Waals surface area contributed by atoms with Gasteiger partial charge in [-0.3, -0.25) is 4.79 Å². The second-order valence-electron chi connectivity index (χ2n) is 8.42. The molecule has 10 heteroatoms. The van der Waals surface area contributed by atoms with E-state index >= 15 is 0 Å². The van der Waals surface area contributed by atoms with Gasteiger partial charge in [-0.25, -0.2) is 9.97 Å². The van der Waals surface area contributed by atoms with E-state index < -0.39 is 12.0 Å². The lowest BCUT2D eigenvalue weighted by molar-refractivity contribution is -0.138. The number of nitrogens with zero attached hydrogens (tertiary/aromatic N) is 2. The molecular weight excluding hydrogens is 529 g/mol. The van der Waals surface area contributed by atoms with Gasteiger partial charge in [0.1, 0.15) is 37.1 Å². The van der Waals surface area contributed by atoms with Crippen LogP contribution in [0.1, 0.15) is 16.7 Å². The zero-order chi connectivity index (χ0) is 27.1. The van der Waals surface area contributed by atoms with E-state index in [4.69, 9.17) is 48.3 Å². The lowest BCUT2D eigenvalue weighted by Crippen LogP contribution is -2.32. The van der Waals surface area contributed by atoms with E-state index in [9.17, 15) is 4.79 Å². The van der Waals surface area contributed by atoms with E-state index in [1.54, 1.807) is 37.7 Å². The number of aromatic nitrogens is 2. The number of rotatable bonds is 11. The second kappa shape index (κ2) is 12.6. The van der Waals surface area contributed by atoms with Gasteiger partial charge in [0.25, 0.3) is 0 Å². The zero-order valence-corrected chi connectivity index (χ0v) is 21.9. The van der Waals surface area contributed by atoms with E-state index in [1.807, 2.05) is 36.4 Å². The molecule has 0 saturated carbocycles. The van der Waals surface area contributed by atoms with Crippen molar-refractivity contribution in [2.24, 2.45) is 5.73 Å². The Bertz CT molecular complexity index is 1400. The highest BCUT2D eigenvalue weighted by Gasteiger charge is 2.17. The van der Waals surface area contributed by atoms with Crippen molar-refractivity contribution in [1.82, 2.24) is 9.97 Å². The lowest BCUT2D eigenvalue weighted by atomic mass is 10.1. The van der Waals surface area contributed by atoms with Crippen molar-refractivity contribution >= 4 is 29.2 Å². The molecule has 3 N–H and O–H groups in total. The van der Waals surface area contributed by atoms with E-state index in [-0.39, 0.29) is 28.8 Å². The Hall–Kier alpha value is -3.85. The molecule has 0 amide bonds. The predicted octanol–water partition coefficient (Wildman–Crippen LogP) is 5.57.